The first kappa shape index (κ1) is 22.9. The van der Waals surface area contributed by atoms with E-state index in [2.05, 4.69) is 61.6 Å². The summed E-state index contributed by atoms with van der Waals surface area (Å²) in [6, 6.07) is 23.0. The normalized spacial score (nSPS) is 16.2. The van der Waals surface area contributed by atoms with Crippen molar-refractivity contribution >= 4 is 10.8 Å². The van der Waals surface area contributed by atoms with E-state index in [-0.39, 0.29) is 18.2 Å². The van der Waals surface area contributed by atoms with Crippen molar-refractivity contribution in [3.8, 4) is 0 Å². The van der Waals surface area contributed by atoms with Crippen LogP contribution in [0.15, 0.2) is 66.7 Å². The lowest BCUT2D eigenvalue weighted by atomic mass is 9.93. The minimum Gasteiger partial charge on any atom is -0.392 e. The second kappa shape index (κ2) is 10.1. The van der Waals surface area contributed by atoms with Gasteiger partial charge in [0.05, 0.1) is 25.4 Å². The quantitative estimate of drug-likeness (QED) is 0.408. The molecule has 3 aromatic carbocycles. The summed E-state index contributed by atoms with van der Waals surface area (Å²) in [5, 5.41) is 25.9. The summed E-state index contributed by atoms with van der Waals surface area (Å²) in [7, 11) is 0. The fourth-order valence-electron chi connectivity index (χ4n) is 4.31. The zero-order valence-electron chi connectivity index (χ0n) is 19.1. The van der Waals surface area contributed by atoms with Crippen LogP contribution >= 0.6 is 0 Å². The molecule has 4 heteroatoms. The van der Waals surface area contributed by atoms with Crippen LogP contribution in [0.2, 0.25) is 0 Å². The molecule has 0 radical (unpaired) electrons. The van der Waals surface area contributed by atoms with Crippen LogP contribution in [-0.4, -0.2) is 35.0 Å². The molecule has 32 heavy (non-hydrogen) atoms. The Balaban J connectivity index is 1.28. The van der Waals surface area contributed by atoms with Gasteiger partial charge in [-0.1, -0.05) is 66.7 Å². The Labute approximate surface area is 191 Å². The van der Waals surface area contributed by atoms with E-state index in [4.69, 9.17) is 4.74 Å². The summed E-state index contributed by atoms with van der Waals surface area (Å²) in [5.41, 5.74) is 3.18. The Kier molecular flexibility index (Phi) is 7.27. The first-order valence-electron chi connectivity index (χ1n) is 11.7. The molecule has 1 fully saturated rings. The monoisotopic (exact) mass is 433 g/mol. The molecule has 1 aliphatic carbocycles. The molecule has 0 bridgehead atoms. The van der Waals surface area contributed by atoms with Crippen LogP contribution in [0.25, 0.3) is 10.8 Å². The average Bonchev–Trinajstić information content (AvgIpc) is 3.63. The van der Waals surface area contributed by atoms with E-state index in [0.29, 0.717) is 19.1 Å². The molecule has 0 saturated heterocycles. The van der Waals surface area contributed by atoms with E-state index >= 15 is 0 Å². The van der Waals surface area contributed by atoms with Crippen molar-refractivity contribution in [2.45, 2.75) is 57.5 Å². The fourth-order valence-corrected chi connectivity index (χ4v) is 4.31. The number of aliphatic hydroxyl groups is 2. The zero-order chi connectivity index (χ0) is 22.6. The Hall–Kier alpha value is -2.24. The smallest absolute Gasteiger partial charge is 0.0898 e. The third-order valence-corrected chi connectivity index (χ3v) is 6.29. The molecule has 170 valence electrons. The van der Waals surface area contributed by atoms with Crippen LogP contribution in [0, 0.1) is 5.92 Å². The molecule has 3 N–H and O–H groups in total. The second-order valence-corrected chi connectivity index (χ2v) is 9.77. The zero-order valence-corrected chi connectivity index (χ0v) is 19.1. The van der Waals surface area contributed by atoms with Gasteiger partial charge in [-0.15, -0.1) is 0 Å². The standard InChI is InChI=1S/C28H35NO3/c1-28(2,16-21-9-10-22-5-3-4-6-25(22)15-21)29-17-26(31)19-32-27(24-13-14-24)23-11-7-20(18-30)8-12-23/h3-12,15,24,26-27,29-31H,13-14,16-19H2,1-2H3/t26-,27?/m1/s1. The lowest BCUT2D eigenvalue weighted by Gasteiger charge is -2.29. The van der Waals surface area contributed by atoms with Crippen molar-refractivity contribution in [1.29, 1.82) is 0 Å². The van der Waals surface area contributed by atoms with E-state index in [0.717, 1.165) is 17.5 Å². The van der Waals surface area contributed by atoms with Crippen LogP contribution < -0.4 is 5.32 Å². The molecule has 3 aromatic rings. The molecule has 0 amide bonds. The van der Waals surface area contributed by atoms with Gasteiger partial charge in [-0.25, -0.2) is 0 Å². The predicted molar refractivity (Wildman–Crippen MR) is 130 cm³/mol. The van der Waals surface area contributed by atoms with Gasteiger partial charge in [-0.05, 0) is 66.5 Å². The first-order valence-corrected chi connectivity index (χ1v) is 11.7. The van der Waals surface area contributed by atoms with Crippen molar-refractivity contribution in [2.75, 3.05) is 13.2 Å². The van der Waals surface area contributed by atoms with Crippen LogP contribution in [0.5, 0.6) is 0 Å². The van der Waals surface area contributed by atoms with Crippen molar-refractivity contribution < 1.29 is 14.9 Å². The molecule has 1 aliphatic rings. The predicted octanol–water partition coefficient (Wildman–Crippen LogP) is 4.77. The van der Waals surface area contributed by atoms with Gasteiger partial charge in [-0.2, -0.15) is 0 Å². The van der Waals surface area contributed by atoms with Gasteiger partial charge in [0.1, 0.15) is 0 Å². The van der Waals surface area contributed by atoms with Crippen LogP contribution in [0.4, 0.5) is 0 Å². The van der Waals surface area contributed by atoms with E-state index in [9.17, 15) is 10.2 Å². The van der Waals surface area contributed by atoms with Crippen molar-refractivity contribution in [2.24, 2.45) is 5.92 Å². The van der Waals surface area contributed by atoms with Crippen molar-refractivity contribution in [3.63, 3.8) is 0 Å². The summed E-state index contributed by atoms with van der Waals surface area (Å²) in [5.74, 6) is 0.527. The number of nitrogens with one attached hydrogen (secondary N) is 1. The maximum absolute atomic E-state index is 10.6. The minimum atomic E-state index is -0.566. The summed E-state index contributed by atoms with van der Waals surface area (Å²) in [4.78, 5) is 0. The summed E-state index contributed by atoms with van der Waals surface area (Å²) in [6.07, 6.45) is 2.67. The molecular weight excluding hydrogens is 398 g/mol. The summed E-state index contributed by atoms with van der Waals surface area (Å²) < 4.78 is 6.17. The Bertz CT molecular complexity index is 1010. The third-order valence-electron chi connectivity index (χ3n) is 6.29. The minimum absolute atomic E-state index is 0.0167. The Morgan fingerprint density at radius 3 is 2.34 bits per heavy atom. The van der Waals surface area contributed by atoms with Crippen LogP contribution in [-0.2, 0) is 17.8 Å². The lowest BCUT2D eigenvalue weighted by Crippen LogP contribution is -2.46. The maximum Gasteiger partial charge on any atom is 0.0898 e. The number of hydrogen-bond acceptors (Lipinski definition) is 4. The van der Waals surface area contributed by atoms with E-state index in [1.165, 1.54) is 29.2 Å². The number of β-amino-alcohol motifs (C(OH)–C–C–N with tert-alkyl or cyclic N) is 1. The first-order chi connectivity index (χ1) is 15.4. The molecule has 4 rings (SSSR count). The molecule has 1 unspecified atom stereocenters. The molecule has 2 atom stereocenters. The van der Waals surface area contributed by atoms with E-state index < -0.39 is 6.10 Å². The number of fused-ring (bicyclic) bond motifs is 1. The Morgan fingerprint density at radius 2 is 1.66 bits per heavy atom. The van der Waals surface area contributed by atoms with Gasteiger partial charge in [0.15, 0.2) is 0 Å². The Morgan fingerprint density at radius 1 is 0.969 bits per heavy atom. The SMILES string of the molecule is CC(C)(Cc1ccc2ccccc2c1)NC[C@@H](O)COC(c1ccc(CO)cc1)C1CC1. The number of rotatable bonds is 11. The maximum atomic E-state index is 10.6. The second-order valence-electron chi connectivity index (χ2n) is 9.77. The van der Waals surface area contributed by atoms with Gasteiger partial charge < -0.3 is 20.3 Å². The fraction of sp³-hybridized carbons (Fsp3) is 0.429. The van der Waals surface area contributed by atoms with E-state index in [1.54, 1.807) is 0 Å². The lowest BCUT2D eigenvalue weighted by molar-refractivity contribution is -0.0211. The molecule has 1 saturated carbocycles. The molecule has 0 aromatic heterocycles. The molecule has 4 nitrogen and oxygen atoms in total. The average molecular weight is 434 g/mol. The largest absolute Gasteiger partial charge is 0.392 e. The van der Waals surface area contributed by atoms with Crippen molar-refractivity contribution in [1.82, 2.24) is 5.32 Å². The van der Waals surface area contributed by atoms with Gasteiger partial charge in [-0.3, -0.25) is 0 Å². The van der Waals surface area contributed by atoms with Gasteiger partial charge in [0.25, 0.3) is 0 Å². The highest BCUT2D eigenvalue weighted by molar-refractivity contribution is 5.83. The number of hydrogen-bond donors (Lipinski definition) is 3. The highest BCUT2D eigenvalue weighted by atomic mass is 16.5. The molecule has 0 heterocycles. The molecule has 0 aliphatic heterocycles. The number of ether oxygens (including phenoxy) is 1. The van der Waals surface area contributed by atoms with Gasteiger partial charge in [0, 0.05) is 12.1 Å². The molecule has 0 spiro atoms. The van der Waals surface area contributed by atoms with E-state index in [1.807, 2.05) is 24.3 Å². The van der Waals surface area contributed by atoms with Crippen molar-refractivity contribution in [3.05, 3.63) is 83.4 Å². The summed E-state index contributed by atoms with van der Waals surface area (Å²) >= 11 is 0. The molecular formula is C28H35NO3. The van der Waals surface area contributed by atoms with Crippen LogP contribution in [0.1, 0.15) is 49.5 Å². The third kappa shape index (κ3) is 6.17. The highest BCUT2D eigenvalue weighted by Crippen LogP contribution is 2.43. The highest BCUT2D eigenvalue weighted by Gasteiger charge is 2.33. The van der Waals surface area contributed by atoms with Gasteiger partial charge in [0.2, 0.25) is 0 Å². The number of aliphatic hydroxyl groups excluding tert-OH is 2. The number of benzene rings is 3. The van der Waals surface area contributed by atoms with Gasteiger partial charge >= 0.3 is 0 Å². The topological polar surface area (TPSA) is 61.7 Å². The summed E-state index contributed by atoms with van der Waals surface area (Å²) in [6.45, 7) is 5.19. The van der Waals surface area contributed by atoms with Crippen LogP contribution in [0.3, 0.4) is 0 Å².